The molecular formula is C24H29N5O5. The lowest BCUT2D eigenvalue weighted by molar-refractivity contribution is -0.136. The van der Waals surface area contributed by atoms with Gasteiger partial charge in [-0.2, -0.15) is 0 Å². The van der Waals surface area contributed by atoms with E-state index in [-0.39, 0.29) is 30.1 Å². The number of carbonyl (C=O) groups is 5. The van der Waals surface area contributed by atoms with Gasteiger partial charge in [-0.25, -0.2) is 0 Å². The van der Waals surface area contributed by atoms with Crippen molar-refractivity contribution in [3.05, 3.63) is 29.3 Å². The van der Waals surface area contributed by atoms with Crippen molar-refractivity contribution in [2.75, 3.05) is 44.7 Å². The summed E-state index contributed by atoms with van der Waals surface area (Å²) in [5.41, 5.74) is 1.55. The van der Waals surface area contributed by atoms with Gasteiger partial charge in [0.25, 0.3) is 11.8 Å². The highest BCUT2D eigenvalue weighted by molar-refractivity contribution is 6.25. The number of nitrogens with zero attached hydrogens (tertiary/aromatic N) is 3. The molecule has 34 heavy (non-hydrogen) atoms. The molecular weight excluding hydrogens is 438 g/mol. The van der Waals surface area contributed by atoms with Crippen LogP contribution in [-0.2, 0) is 14.4 Å². The van der Waals surface area contributed by atoms with E-state index >= 15 is 0 Å². The van der Waals surface area contributed by atoms with Gasteiger partial charge in [0.15, 0.2) is 0 Å². The molecule has 10 heteroatoms. The maximum Gasteiger partial charge on any atom is 0.264 e. The van der Waals surface area contributed by atoms with Crippen molar-refractivity contribution in [2.45, 2.75) is 38.1 Å². The van der Waals surface area contributed by atoms with Crippen molar-refractivity contribution in [3.8, 4) is 0 Å². The number of anilines is 1. The Morgan fingerprint density at radius 2 is 1.82 bits per heavy atom. The molecule has 4 heterocycles. The highest BCUT2D eigenvalue weighted by Gasteiger charge is 2.47. The minimum atomic E-state index is -0.965. The van der Waals surface area contributed by atoms with E-state index in [0.29, 0.717) is 17.7 Å². The second kappa shape index (κ2) is 8.50. The quantitative estimate of drug-likeness (QED) is 0.604. The average Bonchev–Trinajstić information content (AvgIpc) is 3.32. The van der Waals surface area contributed by atoms with Crippen molar-refractivity contribution in [1.82, 2.24) is 20.4 Å². The average molecular weight is 468 g/mol. The third-order valence-electron chi connectivity index (χ3n) is 7.77. The number of rotatable bonds is 4. The zero-order valence-electron chi connectivity index (χ0n) is 19.3. The summed E-state index contributed by atoms with van der Waals surface area (Å²) >= 11 is 0. The fourth-order valence-electron chi connectivity index (χ4n) is 5.84. The number of likely N-dealkylation sites (tertiary alicyclic amines) is 1. The summed E-state index contributed by atoms with van der Waals surface area (Å²) in [6.45, 7) is 3.72. The normalized spacial score (nSPS) is 24.6. The van der Waals surface area contributed by atoms with Crippen molar-refractivity contribution < 1.29 is 24.0 Å². The molecule has 2 N–H and O–H groups in total. The van der Waals surface area contributed by atoms with Gasteiger partial charge in [0, 0.05) is 33.1 Å². The van der Waals surface area contributed by atoms with Crippen LogP contribution in [0.4, 0.5) is 5.69 Å². The Morgan fingerprint density at radius 3 is 2.53 bits per heavy atom. The molecule has 4 aliphatic rings. The summed E-state index contributed by atoms with van der Waals surface area (Å²) in [5.74, 6) is -1.91. The van der Waals surface area contributed by atoms with Crippen LogP contribution in [0.25, 0.3) is 0 Å². The van der Waals surface area contributed by atoms with Crippen LogP contribution >= 0.6 is 0 Å². The number of imide groups is 2. The highest BCUT2D eigenvalue weighted by Crippen LogP contribution is 2.43. The third-order valence-corrected chi connectivity index (χ3v) is 7.77. The Morgan fingerprint density at radius 1 is 1.09 bits per heavy atom. The topological polar surface area (TPSA) is 119 Å². The van der Waals surface area contributed by atoms with Crippen LogP contribution < -0.4 is 15.5 Å². The summed E-state index contributed by atoms with van der Waals surface area (Å²) < 4.78 is 0. The molecule has 1 unspecified atom stereocenters. The van der Waals surface area contributed by atoms with E-state index in [0.717, 1.165) is 56.0 Å². The van der Waals surface area contributed by atoms with Crippen molar-refractivity contribution >= 4 is 35.2 Å². The van der Waals surface area contributed by atoms with Crippen LogP contribution in [0.15, 0.2) is 18.2 Å². The van der Waals surface area contributed by atoms with E-state index in [1.807, 2.05) is 6.07 Å². The molecule has 3 saturated heterocycles. The highest BCUT2D eigenvalue weighted by atomic mass is 16.2. The standard InChI is InChI=1S/C24H29N5O5/c1-25-19(31)13-27-10-7-24(14-27)8-11-28(12-9-24)16-4-2-3-15-20(16)23(34)29(22(15)33)17-5-6-18(30)26-21(17)32/h2-4,17H,5-14H2,1H3,(H,25,31)(H,26,30,32). The Bertz CT molecular complexity index is 1080. The van der Waals surface area contributed by atoms with Gasteiger partial charge >= 0.3 is 0 Å². The fraction of sp³-hybridized carbons (Fsp3) is 0.542. The van der Waals surface area contributed by atoms with E-state index in [9.17, 15) is 24.0 Å². The second-order valence-corrected chi connectivity index (χ2v) is 9.77. The number of hydrogen-bond donors (Lipinski definition) is 2. The first-order chi connectivity index (χ1) is 16.3. The van der Waals surface area contributed by atoms with Gasteiger partial charge in [-0.15, -0.1) is 0 Å². The van der Waals surface area contributed by atoms with Gasteiger partial charge in [0.2, 0.25) is 17.7 Å². The number of likely N-dealkylation sites (N-methyl/N-ethyl adjacent to an activating group) is 1. The monoisotopic (exact) mass is 467 g/mol. The van der Waals surface area contributed by atoms with Crippen molar-refractivity contribution in [2.24, 2.45) is 5.41 Å². The van der Waals surface area contributed by atoms with Crippen LogP contribution in [0.3, 0.4) is 0 Å². The fourth-order valence-corrected chi connectivity index (χ4v) is 5.84. The molecule has 1 aromatic rings. The lowest BCUT2D eigenvalue weighted by Gasteiger charge is -2.41. The Labute approximate surface area is 197 Å². The minimum absolute atomic E-state index is 0.0260. The first-order valence-corrected chi connectivity index (χ1v) is 11.8. The van der Waals surface area contributed by atoms with Gasteiger partial charge in [-0.05, 0) is 49.8 Å². The van der Waals surface area contributed by atoms with E-state index in [2.05, 4.69) is 20.4 Å². The lowest BCUT2D eigenvalue weighted by atomic mass is 9.77. The molecule has 10 nitrogen and oxygen atoms in total. The number of hydrogen-bond acceptors (Lipinski definition) is 7. The predicted molar refractivity (Wildman–Crippen MR) is 122 cm³/mol. The Balaban J connectivity index is 1.32. The van der Waals surface area contributed by atoms with Crippen molar-refractivity contribution in [1.29, 1.82) is 0 Å². The lowest BCUT2D eigenvalue weighted by Crippen LogP contribution is -2.54. The summed E-state index contributed by atoms with van der Waals surface area (Å²) in [6, 6.07) is 4.30. The molecule has 4 aliphatic heterocycles. The molecule has 5 amide bonds. The van der Waals surface area contributed by atoms with Crippen LogP contribution in [0.5, 0.6) is 0 Å². The predicted octanol–water partition coefficient (Wildman–Crippen LogP) is 0.126. The molecule has 1 atom stereocenters. The minimum Gasteiger partial charge on any atom is -0.371 e. The molecule has 1 aromatic carbocycles. The van der Waals surface area contributed by atoms with Gasteiger partial charge < -0.3 is 10.2 Å². The van der Waals surface area contributed by atoms with Gasteiger partial charge in [-0.3, -0.25) is 39.1 Å². The smallest absolute Gasteiger partial charge is 0.264 e. The largest absolute Gasteiger partial charge is 0.371 e. The summed E-state index contributed by atoms with van der Waals surface area (Å²) in [5, 5.41) is 4.92. The van der Waals surface area contributed by atoms with Crippen LogP contribution in [0.2, 0.25) is 0 Å². The van der Waals surface area contributed by atoms with Crippen LogP contribution in [-0.4, -0.2) is 85.1 Å². The Hall–Kier alpha value is -3.27. The summed E-state index contributed by atoms with van der Waals surface area (Å²) in [7, 11) is 1.65. The molecule has 1 spiro atoms. The molecule has 0 bridgehead atoms. The number of nitrogens with one attached hydrogen (secondary N) is 2. The number of amides is 5. The van der Waals surface area contributed by atoms with Gasteiger partial charge in [0.1, 0.15) is 6.04 Å². The SMILES string of the molecule is CNC(=O)CN1CCC2(CCN(c3cccc4c3C(=O)N(C3CCC(=O)NC3=O)C4=O)CC2)C1. The van der Waals surface area contributed by atoms with Crippen LogP contribution in [0.1, 0.15) is 52.8 Å². The molecule has 0 radical (unpaired) electrons. The first-order valence-electron chi connectivity index (χ1n) is 11.8. The van der Waals surface area contributed by atoms with E-state index in [1.165, 1.54) is 0 Å². The van der Waals surface area contributed by atoms with Crippen molar-refractivity contribution in [3.63, 3.8) is 0 Å². The number of benzene rings is 1. The zero-order chi connectivity index (χ0) is 24.0. The summed E-state index contributed by atoms with van der Waals surface area (Å²) in [6.07, 6.45) is 3.18. The molecule has 0 aliphatic carbocycles. The Kier molecular flexibility index (Phi) is 5.63. The number of carbonyl (C=O) groups excluding carboxylic acids is 5. The first kappa shape index (κ1) is 22.5. The second-order valence-electron chi connectivity index (χ2n) is 9.77. The molecule has 180 valence electrons. The molecule has 0 saturated carbocycles. The number of piperidine rings is 2. The molecule has 0 aromatic heterocycles. The maximum atomic E-state index is 13.4. The van der Waals surface area contributed by atoms with E-state index in [4.69, 9.17) is 0 Å². The maximum absolute atomic E-state index is 13.4. The summed E-state index contributed by atoms with van der Waals surface area (Å²) in [4.78, 5) is 67.5. The zero-order valence-corrected chi connectivity index (χ0v) is 19.3. The van der Waals surface area contributed by atoms with E-state index < -0.39 is 23.8 Å². The molecule has 3 fully saturated rings. The third kappa shape index (κ3) is 3.75. The number of fused-ring (bicyclic) bond motifs is 1. The van der Waals surface area contributed by atoms with Gasteiger partial charge in [0.05, 0.1) is 23.4 Å². The van der Waals surface area contributed by atoms with E-state index in [1.54, 1.807) is 19.2 Å². The molecule has 5 rings (SSSR count). The van der Waals surface area contributed by atoms with Gasteiger partial charge in [-0.1, -0.05) is 6.07 Å². The van der Waals surface area contributed by atoms with Crippen LogP contribution in [0, 0.1) is 5.41 Å².